The summed E-state index contributed by atoms with van der Waals surface area (Å²) in [6.45, 7) is 4.70. The number of thioether (sulfide) groups is 1. The van der Waals surface area contributed by atoms with Crippen molar-refractivity contribution in [3.63, 3.8) is 0 Å². The maximum Gasteiger partial charge on any atom is 0.433 e. The molecule has 1 heterocycles. The average Bonchev–Trinajstić information content (AvgIpc) is 2.26. The molecular formula is C11H13F3N2O3S. The molecule has 0 radical (unpaired) electrons. The maximum absolute atomic E-state index is 12.5. The minimum Gasteiger partial charge on any atom is -0.465 e. The average molecular weight is 310 g/mol. The van der Waals surface area contributed by atoms with Gasteiger partial charge in [0, 0.05) is 6.07 Å². The molecule has 0 unspecified atom stereocenters. The minimum atomic E-state index is -4.72. The molecule has 1 rings (SSSR count). The van der Waals surface area contributed by atoms with E-state index in [4.69, 9.17) is 4.74 Å². The van der Waals surface area contributed by atoms with Gasteiger partial charge in [-0.25, -0.2) is 4.98 Å². The van der Waals surface area contributed by atoms with Crippen LogP contribution in [0.4, 0.5) is 13.2 Å². The van der Waals surface area contributed by atoms with E-state index >= 15 is 0 Å². The molecule has 0 spiro atoms. The van der Waals surface area contributed by atoms with Crippen LogP contribution < -0.4 is 5.56 Å². The van der Waals surface area contributed by atoms with Crippen LogP contribution in [0, 0.1) is 0 Å². The van der Waals surface area contributed by atoms with Crippen LogP contribution in [0.1, 0.15) is 26.5 Å². The second-order valence-electron chi connectivity index (χ2n) is 4.27. The van der Waals surface area contributed by atoms with Crippen molar-refractivity contribution in [2.24, 2.45) is 0 Å². The maximum atomic E-state index is 12.5. The van der Waals surface area contributed by atoms with Gasteiger partial charge >= 0.3 is 12.1 Å². The summed E-state index contributed by atoms with van der Waals surface area (Å²) in [6.07, 6.45) is -4.72. The van der Waals surface area contributed by atoms with Crippen LogP contribution in [-0.2, 0) is 15.7 Å². The normalized spacial score (nSPS) is 12.3. The van der Waals surface area contributed by atoms with Crippen LogP contribution >= 0.6 is 11.8 Å². The molecule has 0 saturated heterocycles. The Morgan fingerprint density at radius 3 is 2.55 bits per heavy atom. The van der Waals surface area contributed by atoms with Gasteiger partial charge in [0.2, 0.25) is 0 Å². The molecule has 5 nitrogen and oxygen atoms in total. The molecule has 0 amide bonds. The Kier molecular flexibility index (Phi) is 4.85. The number of aromatic nitrogens is 2. The zero-order valence-electron chi connectivity index (χ0n) is 11.0. The summed E-state index contributed by atoms with van der Waals surface area (Å²) in [7, 11) is 0. The summed E-state index contributed by atoms with van der Waals surface area (Å²) >= 11 is 0.697. The Labute approximate surface area is 116 Å². The summed E-state index contributed by atoms with van der Waals surface area (Å²) in [5.41, 5.74) is -2.24. The Morgan fingerprint density at radius 2 is 2.05 bits per heavy atom. The smallest absolute Gasteiger partial charge is 0.433 e. The van der Waals surface area contributed by atoms with Crippen molar-refractivity contribution in [2.45, 2.75) is 36.9 Å². The van der Waals surface area contributed by atoms with E-state index in [0.717, 1.165) is 0 Å². The van der Waals surface area contributed by atoms with Gasteiger partial charge in [-0.15, -0.1) is 0 Å². The first kappa shape index (κ1) is 16.5. The number of halogens is 3. The highest BCUT2D eigenvalue weighted by Gasteiger charge is 2.36. The minimum absolute atomic E-state index is 0.148. The van der Waals surface area contributed by atoms with Crippen LogP contribution in [0.25, 0.3) is 0 Å². The number of ether oxygens (including phenoxy) is 1. The molecule has 1 N–H and O–H groups in total. The Morgan fingerprint density at radius 1 is 1.45 bits per heavy atom. The number of rotatable bonds is 4. The monoisotopic (exact) mass is 310 g/mol. The number of esters is 1. The number of carbonyl (C=O) groups excluding carboxylic acids is 1. The lowest BCUT2D eigenvalue weighted by Crippen LogP contribution is -2.31. The zero-order valence-corrected chi connectivity index (χ0v) is 11.8. The number of alkyl halides is 3. The first-order valence-electron chi connectivity index (χ1n) is 5.61. The fourth-order valence-corrected chi connectivity index (χ4v) is 2.14. The lowest BCUT2D eigenvalue weighted by atomic mass is 10.2. The topological polar surface area (TPSA) is 72.0 Å². The van der Waals surface area contributed by atoms with Gasteiger partial charge < -0.3 is 9.72 Å². The third kappa shape index (κ3) is 4.26. The molecule has 0 aromatic carbocycles. The molecule has 0 aliphatic heterocycles. The van der Waals surface area contributed by atoms with E-state index in [9.17, 15) is 22.8 Å². The molecular weight excluding hydrogens is 297 g/mol. The van der Waals surface area contributed by atoms with Crippen molar-refractivity contribution in [1.29, 1.82) is 0 Å². The molecule has 1 aromatic heterocycles. The molecule has 0 aliphatic carbocycles. The van der Waals surface area contributed by atoms with E-state index in [1.54, 1.807) is 6.92 Å². The number of H-pyrrole nitrogens is 1. The molecule has 1 aromatic rings. The SMILES string of the molecule is CCOC(=O)C(C)(C)Sc1nc(C(F)(F)F)cc(=O)[nH]1. The van der Waals surface area contributed by atoms with Gasteiger partial charge in [0.05, 0.1) is 6.61 Å². The summed E-state index contributed by atoms with van der Waals surface area (Å²) in [6, 6.07) is 0.363. The van der Waals surface area contributed by atoms with E-state index in [0.29, 0.717) is 17.8 Å². The highest BCUT2D eigenvalue weighted by atomic mass is 32.2. The summed E-state index contributed by atoms with van der Waals surface area (Å²) in [5, 5.41) is -0.289. The lowest BCUT2D eigenvalue weighted by Gasteiger charge is -2.20. The Hall–Kier alpha value is -1.51. The van der Waals surface area contributed by atoms with E-state index < -0.39 is 28.1 Å². The van der Waals surface area contributed by atoms with Gasteiger partial charge in [-0.2, -0.15) is 13.2 Å². The number of nitrogens with zero attached hydrogens (tertiary/aromatic N) is 1. The summed E-state index contributed by atoms with van der Waals surface area (Å²) in [4.78, 5) is 28.3. The van der Waals surface area contributed by atoms with E-state index in [1.807, 2.05) is 0 Å². The van der Waals surface area contributed by atoms with Gasteiger partial charge in [0.25, 0.3) is 5.56 Å². The number of aromatic amines is 1. The van der Waals surface area contributed by atoms with Crippen molar-refractivity contribution in [2.75, 3.05) is 6.61 Å². The molecule has 0 aliphatic rings. The van der Waals surface area contributed by atoms with Crippen LogP contribution in [0.3, 0.4) is 0 Å². The fourth-order valence-electron chi connectivity index (χ4n) is 1.22. The van der Waals surface area contributed by atoms with Crippen LogP contribution in [0.5, 0.6) is 0 Å². The first-order chi connectivity index (χ1) is 9.06. The molecule has 0 fully saturated rings. The number of hydrogen-bond acceptors (Lipinski definition) is 5. The van der Waals surface area contributed by atoms with Crippen molar-refractivity contribution in [3.8, 4) is 0 Å². The van der Waals surface area contributed by atoms with Crippen LogP contribution in [-0.4, -0.2) is 27.3 Å². The summed E-state index contributed by atoms with van der Waals surface area (Å²) in [5.74, 6) is -0.606. The number of carbonyl (C=O) groups is 1. The predicted molar refractivity (Wildman–Crippen MR) is 66.4 cm³/mol. The van der Waals surface area contributed by atoms with E-state index in [2.05, 4.69) is 9.97 Å². The standard InChI is InChI=1S/C11H13F3N2O3S/c1-4-19-8(18)10(2,3)20-9-15-6(11(12,13)14)5-7(17)16-9/h5H,4H2,1-3H3,(H,15,16,17). The first-order valence-corrected chi connectivity index (χ1v) is 6.42. The third-order valence-corrected chi connectivity index (χ3v) is 3.19. The molecule has 0 bridgehead atoms. The van der Waals surface area contributed by atoms with Gasteiger partial charge in [-0.1, -0.05) is 11.8 Å². The largest absolute Gasteiger partial charge is 0.465 e. The number of hydrogen-bond donors (Lipinski definition) is 1. The number of nitrogens with one attached hydrogen (secondary N) is 1. The van der Waals surface area contributed by atoms with Gasteiger partial charge in [-0.05, 0) is 20.8 Å². The van der Waals surface area contributed by atoms with Crippen LogP contribution in [0.2, 0.25) is 0 Å². The zero-order chi connectivity index (χ0) is 15.6. The molecule has 112 valence electrons. The second kappa shape index (κ2) is 5.86. The van der Waals surface area contributed by atoms with Crippen molar-refractivity contribution >= 4 is 17.7 Å². The molecule has 0 saturated carbocycles. The third-order valence-electron chi connectivity index (χ3n) is 2.13. The lowest BCUT2D eigenvalue weighted by molar-refractivity contribution is -0.145. The molecule has 9 heteroatoms. The summed E-state index contributed by atoms with van der Waals surface area (Å²) < 4.78 is 41.3. The van der Waals surface area contributed by atoms with Crippen molar-refractivity contribution in [3.05, 3.63) is 22.1 Å². The molecule has 0 atom stereocenters. The Balaban J connectivity index is 3.07. The van der Waals surface area contributed by atoms with E-state index in [-0.39, 0.29) is 11.8 Å². The highest BCUT2D eigenvalue weighted by Crippen LogP contribution is 2.33. The second-order valence-corrected chi connectivity index (χ2v) is 5.88. The highest BCUT2D eigenvalue weighted by molar-refractivity contribution is 8.01. The quantitative estimate of drug-likeness (QED) is 0.524. The predicted octanol–water partition coefficient (Wildman–Crippen LogP) is 2.22. The Bertz CT molecular complexity index is 555. The van der Waals surface area contributed by atoms with Gasteiger partial charge in [0.1, 0.15) is 4.75 Å². The van der Waals surface area contributed by atoms with Crippen molar-refractivity contribution < 1.29 is 22.7 Å². The fraction of sp³-hybridized carbons (Fsp3) is 0.545. The van der Waals surface area contributed by atoms with E-state index in [1.165, 1.54) is 13.8 Å². The van der Waals surface area contributed by atoms with Crippen molar-refractivity contribution in [1.82, 2.24) is 9.97 Å². The molecule has 20 heavy (non-hydrogen) atoms. The van der Waals surface area contributed by atoms with Crippen LogP contribution in [0.15, 0.2) is 16.0 Å². The van der Waals surface area contributed by atoms with Gasteiger partial charge in [0.15, 0.2) is 10.9 Å². The van der Waals surface area contributed by atoms with Gasteiger partial charge in [-0.3, -0.25) is 9.59 Å².